The lowest BCUT2D eigenvalue weighted by Gasteiger charge is -2.30. The molecule has 2 unspecified atom stereocenters. The monoisotopic (exact) mass is 362 g/mol. The van der Waals surface area contributed by atoms with Crippen molar-refractivity contribution in [2.75, 3.05) is 19.7 Å². The maximum atomic E-state index is 13.1. The van der Waals surface area contributed by atoms with Crippen LogP contribution in [-0.4, -0.2) is 42.6 Å². The molecule has 3 aliphatic rings. The van der Waals surface area contributed by atoms with Gasteiger partial charge in [0.15, 0.2) is 0 Å². The maximum Gasteiger partial charge on any atom is 0.223 e. The van der Waals surface area contributed by atoms with E-state index in [0.29, 0.717) is 29.9 Å². The van der Waals surface area contributed by atoms with Gasteiger partial charge in [-0.05, 0) is 85.8 Å². The molecule has 3 fully saturated rings. The summed E-state index contributed by atoms with van der Waals surface area (Å²) in [7, 11) is 0. The van der Waals surface area contributed by atoms with Crippen molar-refractivity contribution >= 4 is 17.2 Å². The minimum absolute atomic E-state index is 0.299. The number of hydrogen-bond acceptors (Lipinski definition) is 4. The second-order valence-electron chi connectivity index (χ2n) is 8.01. The van der Waals surface area contributed by atoms with E-state index in [2.05, 4.69) is 27.0 Å². The van der Waals surface area contributed by atoms with Crippen LogP contribution in [0.3, 0.4) is 0 Å². The summed E-state index contributed by atoms with van der Waals surface area (Å²) in [6.07, 6.45) is 9.01. The van der Waals surface area contributed by atoms with Gasteiger partial charge in [-0.1, -0.05) is 0 Å². The highest BCUT2D eigenvalue weighted by Crippen LogP contribution is 2.56. The summed E-state index contributed by atoms with van der Waals surface area (Å²) in [4.78, 5) is 15.3. The second-order valence-corrected chi connectivity index (χ2v) is 8.79. The van der Waals surface area contributed by atoms with E-state index in [9.17, 15) is 4.79 Å². The predicted octanol–water partition coefficient (Wildman–Crippen LogP) is 3.57. The molecule has 5 heteroatoms. The van der Waals surface area contributed by atoms with Crippen molar-refractivity contribution in [2.45, 2.75) is 70.1 Å². The summed E-state index contributed by atoms with van der Waals surface area (Å²) in [5.41, 5.74) is 1.68. The van der Waals surface area contributed by atoms with E-state index >= 15 is 0 Å². The molecule has 1 saturated carbocycles. The molecule has 25 heavy (non-hydrogen) atoms. The molecule has 1 aromatic rings. The quantitative estimate of drug-likeness (QED) is 0.841. The van der Waals surface area contributed by atoms with Crippen LogP contribution >= 0.6 is 11.3 Å². The van der Waals surface area contributed by atoms with E-state index in [1.54, 1.807) is 11.3 Å². The first-order valence-corrected chi connectivity index (χ1v) is 10.8. The number of piperidine rings is 1. The molecule has 2 aliphatic heterocycles. The zero-order valence-corrected chi connectivity index (χ0v) is 15.9. The Balaban J connectivity index is 1.39. The zero-order valence-electron chi connectivity index (χ0n) is 15.0. The molecule has 1 aliphatic carbocycles. The molecule has 0 bridgehead atoms. The largest absolute Gasteiger partial charge is 0.378 e. The number of nitrogens with zero attached hydrogens (tertiary/aromatic N) is 1. The first-order valence-electron chi connectivity index (χ1n) is 9.90. The minimum atomic E-state index is 0.299. The van der Waals surface area contributed by atoms with E-state index in [-0.39, 0.29) is 0 Å². The number of nitrogens with one attached hydrogen (secondary N) is 1. The van der Waals surface area contributed by atoms with Crippen molar-refractivity contribution in [3.63, 3.8) is 0 Å². The minimum Gasteiger partial charge on any atom is -0.378 e. The molecule has 4 nitrogen and oxygen atoms in total. The van der Waals surface area contributed by atoms with Crippen LogP contribution in [0, 0.1) is 5.41 Å². The highest BCUT2D eigenvalue weighted by atomic mass is 32.1. The highest BCUT2D eigenvalue weighted by Gasteiger charge is 2.57. The molecule has 4 rings (SSSR count). The van der Waals surface area contributed by atoms with Gasteiger partial charge in [0, 0.05) is 25.6 Å². The van der Waals surface area contributed by atoms with Crippen molar-refractivity contribution in [2.24, 2.45) is 5.41 Å². The third kappa shape index (κ3) is 4.09. The van der Waals surface area contributed by atoms with Crippen LogP contribution in [-0.2, 0) is 16.1 Å². The first kappa shape index (κ1) is 17.5. The van der Waals surface area contributed by atoms with Crippen LogP contribution in [0.25, 0.3) is 0 Å². The van der Waals surface area contributed by atoms with Crippen LogP contribution < -0.4 is 5.32 Å². The van der Waals surface area contributed by atoms with E-state index in [1.165, 1.54) is 37.7 Å². The molecular formula is C20H30N2O2S. The highest BCUT2D eigenvalue weighted by molar-refractivity contribution is 7.07. The van der Waals surface area contributed by atoms with Crippen molar-refractivity contribution in [1.82, 2.24) is 10.2 Å². The Morgan fingerprint density at radius 3 is 2.96 bits per heavy atom. The van der Waals surface area contributed by atoms with E-state index in [1.807, 2.05) is 0 Å². The second kappa shape index (κ2) is 7.77. The Labute approximate surface area is 154 Å². The van der Waals surface area contributed by atoms with Gasteiger partial charge >= 0.3 is 0 Å². The SMILES string of the molecule is O=C(CCC1CCCCO1)N(Cc1ccsc1)C1CC12CCNCC2. The number of carbonyl (C=O) groups excluding carboxylic acids is 1. The Morgan fingerprint density at radius 1 is 1.36 bits per heavy atom. The summed E-state index contributed by atoms with van der Waals surface area (Å²) in [6, 6.07) is 2.61. The van der Waals surface area contributed by atoms with Crippen molar-refractivity contribution in [3.8, 4) is 0 Å². The molecule has 1 spiro atoms. The van der Waals surface area contributed by atoms with Crippen LogP contribution in [0.4, 0.5) is 0 Å². The topological polar surface area (TPSA) is 41.6 Å². The fraction of sp³-hybridized carbons (Fsp3) is 0.750. The molecule has 2 saturated heterocycles. The lowest BCUT2D eigenvalue weighted by atomic mass is 9.93. The molecule has 1 amide bonds. The Hall–Kier alpha value is -0.910. The lowest BCUT2D eigenvalue weighted by molar-refractivity contribution is -0.134. The first-order chi connectivity index (χ1) is 12.3. The van der Waals surface area contributed by atoms with Crippen molar-refractivity contribution in [1.29, 1.82) is 0 Å². The summed E-state index contributed by atoms with van der Waals surface area (Å²) in [5.74, 6) is 0.334. The molecule has 1 N–H and O–H groups in total. The van der Waals surface area contributed by atoms with Crippen LogP contribution in [0.1, 0.15) is 56.9 Å². The Bertz CT molecular complexity index is 562. The Kier molecular flexibility index (Phi) is 5.44. The van der Waals surface area contributed by atoms with E-state index in [0.717, 1.165) is 39.1 Å². The molecular weight excluding hydrogens is 332 g/mol. The molecule has 2 atom stereocenters. The molecule has 3 heterocycles. The van der Waals surface area contributed by atoms with Gasteiger partial charge in [-0.3, -0.25) is 4.79 Å². The standard InChI is InChI=1S/C20H30N2O2S/c23-19(5-4-17-3-1-2-11-24-17)22(14-16-6-12-25-15-16)18-13-20(18)7-9-21-10-8-20/h6,12,15,17-18,21H,1-5,7-11,13-14H2. The summed E-state index contributed by atoms with van der Waals surface area (Å²) < 4.78 is 5.82. The van der Waals surface area contributed by atoms with Crippen molar-refractivity contribution in [3.05, 3.63) is 22.4 Å². The lowest BCUT2D eigenvalue weighted by Crippen LogP contribution is -2.39. The van der Waals surface area contributed by atoms with Gasteiger partial charge in [0.1, 0.15) is 0 Å². The fourth-order valence-corrected chi connectivity index (χ4v) is 5.30. The normalized spacial score (nSPS) is 28.0. The van der Waals surface area contributed by atoms with Gasteiger partial charge in [-0.25, -0.2) is 0 Å². The number of ether oxygens (including phenoxy) is 1. The van der Waals surface area contributed by atoms with E-state index < -0.39 is 0 Å². The fourth-order valence-electron chi connectivity index (χ4n) is 4.64. The van der Waals surface area contributed by atoms with E-state index in [4.69, 9.17) is 4.74 Å². The van der Waals surface area contributed by atoms with Gasteiger partial charge < -0.3 is 15.0 Å². The van der Waals surface area contributed by atoms with Gasteiger partial charge in [-0.2, -0.15) is 11.3 Å². The van der Waals surface area contributed by atoms with Crippen LogP contribution in [0.2, 0.25) is 0 Å². The third-order valence-corrected chi connectivity index (χ3v) is 7.06. The molecule has 1 aromatic heterocycles. The van der Waals surface area contributed by atoms with Gasteiger partial charge in [0.05, 0.1) is 6.10 Å². The summed E-state index contributed by atoms with van der Waals surface area (Å²) in [5, 5.41) is 7.76. The molecule has 0 aromatic carbocycles. The van der Waals surface area contributed by atoms with Crippen molar-refractivity contribution < 1.29 is 9.53 Å². The number of amides is 1. The van der Waals surface area contributed by atoms with Crippen LogP contribution in [0.5, 0.6) is 0 Å². The smallest absolute Gasteiger partial charge is 0.223 e. The molecule has 0 radical (unpaired) electrons. The third-order valence-electron chi connectivity index (χ3n) is 6.33. The zero-order chi connectivity index (χ0) is 17.1. The predicted molar refractivity (Wildman–Crippen MR) is 101 cm³/mol. The number of hydrogen-bond donors (Lipinski definition) is 1. The van der Waals surface area contributed by atoms with Gasteiger partial charge in [0.25, 0.3) is 0 Å². The Morgan fingerprint density at radius 2 is 2.24 bits per heavy atom. The number of rotatable bonds is 6. The van der Waals surface area contributed by atoms with Gasteiger partial charge in [0.2, 0.25) is 5.91 Å². The average molecular weight is 363 g/mol. The number of carbonyl (C=O) groups is 1. The van der Waals surface area contributed by atoms with Gasteiger partial charge in [-0.15, -0.1) is 0 Å². The number of thiophene rings is 1. The van der Waals surface area contributed by atoms with Crippen LogP contribution in [0.15, 0.2) is 16.8 Å². The molecule has 138 valence electrons. The average Bonchev–Trinajstić information content (AvgIpc) is 3.08. The summed E-state index contributed by atoms with van der Waals surface area (Å²) >= 11 is 1.72. The summed E-state index contributed by atoms with van der Waals surface area (Å²) in [6.45, 7) is 3.86. The maximum absolute atomic E-state index is 13.1.